The number of hydrogen-bond donors (Lipinski definition) is 2. The fraction of sp³-hybridized carbons (Fsp3) is 0.500. The van der Waals surface area contributed by atoms with Gasteiger partial charge in [-0.1, -0.05) is 13.0 Å². The van der Waals surface area contributed by atoms with Crippen molar-refractivity contribution in [1.29, 1.82) is 0 Å². The molecule has 0 aliphatic carbocycles. The molecule has 3 N–H and O–H groups in total. The van der Waals surface area contributed by atoms with Gasteiger partial charge >= 0.3 is 5.97 Å². The van der Waals surface area contributed by atoms with Gasteiger partial charge in [0.05, 0.1) is 16.9 Å². The molecule has 0 radical (unpaired) electrons. The molecule has 1 fully saturated rings. The van der Waals surface area contributed by atoms with Crippen molar-refractivity contribution >= 4 is 17.3 Å². The molecule has 4 heteroatoms. The minimum Gasteiger partial charge on any atom is -0.478 e. The van der Waals surface area contributed by atoms with Crippen molar-refractivity contribution in [1.82, 2.24) is 0 Å². The lowest BCUT2D eigenvalue weighted by atomic mass is 9.92. The molecule has 2 rings (SSSR count). The van der Waals surface area contributed by atoms with Crippen LogP contribution < -0.4 is 10.6 Å². The number of rotatable bonds is 2. The summed E-state index contributed by atoms with van der Waals surface area (Å²) in [7, 11) is 0. The van der Waals surface area contributed by atoms with Crippen molar-refractivity contribution in [2.45, 2.75) is 32.7 Å². The van der Waals surface area contributed by atoms with Gasteiger partial charge in [0.1, 0.15) is 0 Å². The number of carboxylic acid groups (broad SMARTS) is 1. The average molecular weight is 248 g/mol. The van der Waals surface area contributed by atoms with Gasteiger partial charge in [-0.2, -0.15) is 0 Å². The number of anilines is 2. The van der Waals surface area contributed by atoms with E-state index in [-0.39, 0.29) is 5.56 Å². The third-order valence-electron chi connectivity index (χ3n) is 3.76. The summed E-state index contributed by atoms with van der Waals surface area (Å²) < 4.78 is 0. The highest BCUT2D eigenvalue weighted by Crippen LogP contribution is 2.33. The monoisotopic (exact) mass is 248 g/mol. The molecule has 1 heterocycles. The third-order valence-corrected chi connectivity index (χ3v) is 3.76. The molecule has 0 spiro atoms. The molecule has 1 saturated heterocycles. The smallest absolute Gasteiger partial charge is 0.337 e. The number of nitrogen functional groups attached to an aromatic ring is 1. The van der Waals surface area contributed by atoms with Crippen molar-refractivity contribution in [3.05, 3.63) is 23.8 Å². The number of carbonyl (C=O) groups is 1. The number of nitrogens with two attached hydrogens (primary N) is 1. The standard InChI is InChI=1S/C14H20N2O2/c1-9-6-7-16(10(2)8-9)12-5-3-4-11(13(12)15)14(17)18/h3-5,9-10H,6-8,15H2,1-2H3,(H,17,18). The highest BCUT2D eigenvalue weighted by atomic mass is 16.4. The van der Waals surface area contributed by atoms with Crippen LogP contribution in [0.3, 0.4) is 0 Å². The van der Waals surface area contributed by atoms with Crippen LogP contribution >= 0.6 is 0 Å². The minimum absolute atomic E-state index is 0.193. The number of para-hydroxylation sites is 1. The van der Waals surface area contributed by atoms with Gasteiger partial charge in [-0.3, -0.25) is 0 Å². The average Bonchev–Trinajstić information content (AvgIpc) is 2.30. The predicted molar refractivity (Wildman–Crippen MR) is 73.0 cm³/mol. The Hall–Kier alpha value is -1.71. The summed E-state index contributed by atoms with van der Waals surface area (Å²) in [4.78, 5) is 13.3. The lowest BCUT2D eigenvalue weighted by molar-refractivity contribution is 0.0698. The van der Waals surface area contributed by atoms with Crippen LogP contribution in [0.1, 0.15) is 37.0 Å². The molecular weight excluding hydrogens is 228 g/mol. The van der Waals surface area contributed by atoms with E-state index in [0.717, 1.165) is 31.0 Å². The first kappa shape index (κ1) is 12.7. The van der Waals surface area contributed by atoms with Gasteiger partial charge < -0.3 is 15.7 Å². The van der Waals surface area contributed by atoms with Gasteiger partial charge in [0, 0.05) is 12.6 Å². The van der Waals surface area contributed by atoms with Gasteiger partial charge in [-0.25, -0.2) is 4.79 Å². The summed E-state index contributed by atoms with van der Waals surface area (Å²) in [6.07, 6.45) is 2.25. The summed E-state index contributed by atoms with van der Waals surface area (Å²) >= 11 is 0. The number of aromatic carboxylic acids is 1. The molecule has 1 aromatic rings. The van der Waals surface area contributed by atoms with Crippen LogP contribution in [0, 0.1) is 5.92 Å². The van der Waals surface area contributed by atoms with E-state index >= 15 is 0 Å². The molecule has 1 aliphatic rings. The fourth-order valence-electron chi connectivity index (χ4n) is 2.76. The molecule has 18 heavy (non-hydrogen) atoms. The summed E-state index contributed by atoms with van der Waals surface area (Å²) in [6.45, 7) is 5.36. The Kier molecular flexibility index (Phi) is 3.45. The number of benzene rings is 1. The summed E-state index contributed by atoms with van der Waals surface area (Å²) in [5, 5.41) is 9.10. The van der Waals surface area contributed by atoms with E-state index in [1.807, 2.05) is 6.07 Å². The first-order chi connectivity index (χ1) is 8.50. The third kappa shape index (κ3) is 2.28. The van der Waals surface area contributed by atoms with Crippen LogP contribution in [0.2, 0.25) is 0 Å². The van der Waals surface area contributed by atoms with E-state index < -0.39 is 5.97 Å². The predicted octanol–water partition coefficient (Wildman–Crippen LogP) is 2.59. The molecule has 2 unspecified atom stereocenters. The molecule has 2 atom stereocenters. The first-order valence-electron chi connectivity index (χ1n) is 6.39. The highest BCUT2D eigenvalue weighted by Gasteiger charge is 2.25. The Morgan fingerprint density at radius 3 is 2.78 bits per heavy atom. The molecule has 1 aliphatic heterocycles. The maximum Gasteiger partial charge on any atom is 0.337 e. The van der Waals surface area contributed by atoms with E-state index in [4.69, 9.17) is 10.8 Å². The number of piperidine rings is 1. The second kappa shape index (κ2) is 4.88. The van der Waals surface area contributed by atoms with E-state index in [2.05, 4.69) is 18.7 Å². The second-order valence-corrected chi connectivity index (χ2v) is 5.22. The molecule has 0 bridgehead atoms. The van der Waals surface area contributed by atoms with E-state index in [9.17, 15) is 4.79 Å². The molecular formula is C14H20N2O2. The second-order valence-electron chi connectivity index (χ2n) is 5.22. The van der Waals surface area contributed by atoms with Crippen molar-refractivity contribution in [2.24, 2.45) is 5.92 Å². The van der Waals surface area contributed by atoms with Crippen molar-refractivity contribution in [3.8, 4) is 0 Å². The topological polar surface area (TPSA) is 66.6 Å². The molecule has 4 nitrogen and oxygen atoms in total. The van der Waals surface area contributed by atoms with E-state index in [1.54, 1.807) is 12.1 Å². The van der Waals surface area contributed by atoms with Crippen molar-refractivity contribution in [3.63, 3.8) is 0 Å². The highest BCUT2D eigenvalue weighted by molar-refractivity contribution is 5.97. The summed E-state index contributed by atoms with van der Waals surface area (Å²) in [6, 6.07) is 5.63. The Morgan fingerprint density at radius 2 is 2.17 bits per heavy atom. The van der Waals surface area contributed by atoms with Crippen LogP contribution in [0.5, 0.6) is 0 Å². The molecule has 1 aromatic carbocycles. The van der Waals surface area contributed by atoms with Gasteiger partial charge in [-0.15, -0.1) is 0 Å². The normalized spacial score (nSPS) is 24.0. The van der Waals surface area contributed by atoms with Crippen LogP contribution in [0.15, 0.2) is 18.2 Å². The van der Waals surface area contributed by atoms with Crippen LogP contribution in [-0.4, -0.2) is 23.7 Å². The maximum atomic E-state index is 11.1. The van der Waals surface area contributed by atoms with Crippen LogP contribution in [0.4, 0.5) is 11.4 Å². The largest absolute Gasteiger partial charge is 0.478 e. The minimum atomic E-state index is -0.965. The van der Waals surface area contributed by atoms with Gasteiger partial charge in [0.2, 0.25) is 0 Å². The van der Waals surface area contributed by atoms with Gasteiger partial charge in [0.15, 0.2) is 0 Å². The Balaban J connectivity index is 2.33. The van der Waals surface area contributed by atoms with E-state index in [1.165, 1.54) is 0 Å². The Morgan fingerprint density at radius 1 is 1.44 bits per heavy atom. The van der Waals surface area contributed by atoms with Crippen LogP contribution in [0.25, 0.3) is 0 Å². The SMILES string of the molecule is CC1CCN(c2cccc(C(=O)O)c2N)C(C)C1. The molecule has 0 aromatic heterocycles. The Labute approximate surface area is 107 Å². The van der Waals surface area contributed by atoms with Gasteiger partial charge in [-0.05, 0) is 37.8 Å². The van der Waals surface area contributed by atoms with Gasteiger partial charge in [0.25, 0.3) is 0 Å². The van der Waals surface area contributed by atoms with Crippen molar-refractivity contribution in [2.75, 3.05) is 17.2 Å². The zero-order valence-electron chi connectivity index (χ0n) is 10.9. The lowest BCUT2D eigenvalue weighted by Crippen LogP contribution is -2.40. The van der Waals surface area contributed by atoms with Crippen LogP contribution in [-0.2, 0) is 0 Å². The van der Waals surface area contributed by atoms with Crippen molar-refractivity contribution < 1.29 is 9.90 Å². The number of hydrogen-bond acceptors (Lipinski definition) is 3. The molecule has 0 amide bonds. The molecule has 0 saturated carbocycles. The quantitative estimate of drug-likeness (QED) is 0.789. The lowest BCUT2D eigenvalue weighted by Gasteiger charge is -2.39. The maximum absolute atomic E-state index is 11.1. The van der Waals surface area contributed by atoms with E-state index in [0.29, 0.717) is 11.7 Å². The summed E-state index contributed by atoms with van der Waals surface area (Å²) in [5.74, 6) is -0.243. The Bertz CT molecular complexity index is 459. The zero-order valence-corrected chi connectivity index (χ0v) is 10.9. The zero-order chi connectivity index (χ0) is 13.3. The molecule has 98 valence electrons. The number of nitrogens with zero attached hydrogens (tertiary/aromatic N) is 1. The first-order valence-corrected chi connectivity index (χ1v) is 6.39. The number of carboxylic acids is 1. The fourth-order valence-corrected chi connectivity index (χ4v) is 2.76. The summed E-state index contributed by atoms with van der Waals surface area (Å²) in [5.41, 5.74) is 7.42.